The van der Waals surface area contributed by atoms with Crippen LogP contribution in [0.2, 0.25) is 0 Å². The van der Waals surface area contributed by atoms with E-state index in [9.17, 15) is 9.90 Å². The zero-order chi connectivity index (χ0) is 16.6. The Labute approximate surface area is 135 Å². The molecule has 0 unspecified atom stereocenters. The molecule has 0 aromatic heterocycles. The van der Waals surface area contributed by atoms with Gasteiger partial charge in [0.2, 0.25) is 0 Å². The van der Waals surface area contributed by atoms with E-state index in [1.165, 1.54) is 49.7 Å². The van der Waals surface area contributed by atoms with Crippen molar-refractivity contribution < 1.29 is 9.90 Å². The predicted octanol–water partition coefficient (Wildman–Crippen LogP) is 5.51. The van der Waals surface area contributed by atoms with Gasteiger partial charge in [0.05, 0.1) is 5.41 Å². The summed E-state index contributed by atoms with van der Waals surface area (Å²) in [6.07, 6.45) is 9.36. The zero-order valence-corrected chi connectivity index (χ0v) is 14.7. The molecule has 22 heavy (non-hydrogen) atoms. The van der Waals surface area contributed by atoms with Crippen molar-refractivity contribution in [1.82, 2.24) is 0 Å². The summed E-state index contributed by atoms with van der Waals surface area (Å²) < 4.78 is 0. The lowest BCUT2D eigenvalue weighted by Gasteiger charge is -2.22. The second kappa shape index (κ2) is 8.97. The Balaban J connectivity index is 3.00. The topological polar surface area (TPSA) is 37.3 Å². The number of carboxylic acids is 1. The standard InChI is InChI=1S/C20H32O2/c1-5-7-9-11-16-13-17(12-10-8-6-2)15-18(14-16)20(3,4)19(21)22/h13-15H,5-12H2,1-4H3,(H,21,22). The second-order valence-electron chi connectivity index (χ2n) is 6.88. The molecule has 0 aliphatic rings. The van der Waals surface area contributed by atoms with Crippen molar-refractivity contribution in [2.45, 2.75) is 84.5 Å². The van der Waals surface area contributed by atoms with E-state index in [0.29, 0.717) is 0 Å². The Morgan fingerprint density at radius 1 is 0.909 bits per heavy atom. The van der Waals surface area contributed by atoms with Crippen LogP contribution in [0, 0.1) is 0 Å². The number of aryl methyl sites for hydroxylation is 2. The largest absolute Gasteiger partial charge is 0.481 e. The van der Waals surface area contributed by atoms with Gasteiger partial charge in [-0.05, 0) is 56.2 Å². The van der Waals surface area contributed by atoms with Gasteiger partial charge in [-0.3, -0.25) is 4.79 Å². The average Bonchev–Trinajstić information content (AvgIpc) is 2.47. The van der Waals surface area contributed by atoms with E-state index in [2.05, 4.69) is 32.0 Å². The van der Waals surface area contributed by atoms with Crippen LogP contribution in [0.3, 0.4) is 0 Å². The van der Waals surface area contributed by atoms with Crippen LogP contribution in [0.25, 0.3) is 0 Å². The molecule has 0 heterocycles. The van der Waals surface area contributed by atoms with Gasteiger partial charge in [-0.25, -0.2) is 0 Å². The maximum Gasteiger partial charge on any atom is 0.313 e. The Morgan fingerprint density at radius 3 is 1.73 bits per heavy atom. The summed E-state index contributed by atoms with van der Waals surface area (Å²) in [4.78, 5) is 11.6. The summed E-state index contributed by atoms with van der Waals surface area (Å²) in [6.45, 7) is 8.02. The Morgan fingerprint density at radius 2 is 1.36 bits per heavy atom. The minimum Gasteiger partial charge on any atom is -0.481 e. The fourth-order valence-electron chi connectivity index (χ4n) is 2.69. The number of aliphatic carboxylic acids is 1. The number of carboxylic acid groups (broad SMARTS) is 1. The maximum absolute atomic E-state index is 11.6. The molecule has 0 atom stereocenters. The molecule has 0 aliphatic heterocycles. The SMILES string of the molecule is CCCCCc1cc(CCCCC)cc(C(C)(C)C(=O)O)c1. The molecule has 1 aromatic carbocycles. The first kappa shape index (κ1) is 18.7. The van der Waals surface area contributed by atoms with Gasteiger partial charge in [-0.2, -0.15) is 0 Å². The fraction of sp³-hybridized carbons (Fsp3) is 0.650. The van der Waals surface area contributed by atoms with Crippen LogP contribution in [0.1, 0.15) is 82.9 Å². The first-order chi connectivity index (χ1) is 10.4. The van der Waals surface area contributed by atoms with E-state index in [0.717, 1.165) is 18.4 Å². The molecular weight excluding hydrogens is 272 g/mol. The van der Waals surface area contributed by atoms with Crippen LogP contribution in [-0.4, -0.2) is 11.1 Å². The maximum atomic E-state index is 11.6. The molecule has 0 radical (unpaired) electrons. The molecule has 0 bridgehead atoms. The van der Waals surface area contributed by atoms with Gasteiger partial charge in [0.1, 0.15) is 0 Å². The minimum atomic E-state index is -0.819. The van der Waals surface area contributed by atoms with E-state index in [1.807, 2.05) is 0 Å². The van der Waals surface area contributed by atoms with Gasteiger partial charge in [0, 0.05) is 0 Å². The summed E-state index contributed by atoms with van der Waals surface area (Å²) in [5, 5.41) is 9.50. The molecular formula is C20H32O2. The molecule has 0 spiro atoms. The third-order valence-electron chi connectivity index (χ3n) is 4.45. The molecule has 0 saturated carbocycles. The van der Waals surface area contributed by atoms with Gasteiger partial charge in [0.15, 0.2) is 0 Å². The molecule has 0 amide bonds. The zero-order valence-electron chi connectivity index (χ0n) is 14.7. The van der Waals surface area contributed by atoms with Crippen molar-refractivity contribution >= 4 is 5.97 Å². The van der Waals surface area contributed by atoms with Gasteiger partial charge >= 0.3 is 5.97 Å². The summed E-state index contributed by atoms with van der Waals surface area (Å²) >= 11 is 0. The van der Waals surface area contributed by atoms with Crippen LogP contribution in [0.15, 0.2) is 18.2 Å². The second-order valence-corrected chi connectivity index (χ2v) is 6.88. The normalized spacial score (nSPS) is 11.6. The van der Waals surface area contributed by atoms with Crippen molar-refractivity contribution in [3.8, 4) is 0 Å². The summed E-state index contributed by atoms with van der Waals surface area (Å²) in [5.74, 6) is -0.752. The number of benzene rings is 1. The summed E-state index contributed by atoms with van der Waals surface area (Å²) in [7, 11) is 0. The lowest BCUT2D eigenvalue weighted by Crippen LogP contribution is -2.28. The number of hydrogen-bond acceptors (Lipinski definition) is 1. The average molecular weight is 304 g/mol. The molecule has 1 N–H and O–H groups in total. The quantitative estimate of drug-likeness (QED) is 0.578. The Hall–Kier alpha value is -1.31. The first-order valence-corrected chi connectivity index (χ1v) is 8.78. The van der Waals surface area contributed by atoms with Crippen molar-refractivity contribution in [2.75, 3.05) is 0 Å². The van der Waals surface area contributed by atoms with Crippen LogP contribution in [-0.2, 0) is 23.1 Å². The van der Waals surface area contributed by atoms with Crippen molar-refractivity contribution in [3.05, 3.63) is 34.9 Å². The fourth-order valence-corrected chi connectivity index (χ4v) is 2.69. The van der Waals surface area contributed by atoms with E-state index < -0.39 is 11.4 Å². The van der Waals surface area contributed by atoms with Crippen molar-refractivity contribution in [1.29, 1.82) is 0 Å². The molecule has 1 aromatic rings. The van der Waals surface area contributed by atoms with E-state index in [1.54, 1.807) is 13.8 Å². The smallest absolute Gasteiger partial charge is 0.313 e. The number of rotatable bonds is 10. The Bertz CT molecular complexity index is 446. The van der Waals surface area contributed by atoms with Gasteiger partial charge in [-0.15, -0.1) is 0 Å². The van der Waals surface area contributed by atoms with E-state index in [-0.39, 0.29) is 0 Å². The highest BCUT2D eigenvalue weighted by atomic mass is 16.4. The predicted molar refractivity (Wildman–Crippen MR) is 93.6 cm³/mol. The third kappa shape index (κ3) is 5.47. The monoisotopic (exact) mass is 304 g/mol. The van der Waals surface area contributed by atoms with Gasteiger partial charge < -0.3 is 5.11 Å². The molecule has 0 saturated heterocycles. The van der Waals surface area contributed by atoms with Gasteiger partial charge in [-0.1, -0.05) is 57.7 Å². The molecule has 0 aliphatic carbocycles. The van der Waals surface area contributed by atoms with Crippen molar-refractivity contribution in [3.63, 3.8) is 0 Å². The number of carbonyl (C=O) groups is 1. The summed E-state index contributed by atoms with van der Waals surface area (Å²) in [5.41, 5.74) is 2.72. The highest BCUT2D eigenvalue weighted by molar-refractivity contribution is 5.80. The van der Waals surface area contributed by atoms with Crippen LogP contribution < -0.4 is 0 Å². The lowest BCUT2D eigenvalue weighted by molar-refractivity contribution is -0.142. The van der Waals surface area contributed by atoms with Crippen molar-refractivity contribution in [2.24, 2.45) is 0 Å². The highest BCUT2D eigenvalue weighted by Crippen LogP contribution is 2.27. The molecule has 2 heteroatoms. The molecule has 0 fully saturated rings. The van der Waals surface area contributed by atoms with E-state index >= 15 is 0 Å². The van der Waals surface area contributed by atoms with Crippen LogP contribution in [0.5, 0.6) is 0 Å². The van der Waals surface area contributed by atoms with Gasteiger partial charge in [0.25, 0.3) is 0 Å². The Kier molecular flexibility index (Phi) is 7.64. The first-order valence-electron chi connectivity index (χ1n) is 8.78. The minimum absolute atomic E-state index is 0.752. The molecule has 124 valence electrons. The third-order valence-corrected chi connectivity index (χ3v) is 4.45. The molecule has 1 rings (SSSR count). The van der Waals surface area contributed by atoms with E-state index in [4.69, 9.17) is 0 Å². The highest BCUT2D eigenvalue weighted by Gasteiger charge is 2.29. The lowest BCUT2D eigenvalue weighted by atomic mass is 9.82. The van der Waals surface area contributed by atoms with Crippen LogP contribution in [0.4, 0.5) is 0 Å². The molecule has 2 nitrogen and oxygen atoms in total. The number of hydrogen-bond donors (Lipinski definition) is 1. The summed E-state index contributed by atoms with van der Waals surface area (Å²) in [6, 6.07) is 6.49. The van der Waals surface area contributed by atoms with Crippen LogP contribution >= 0.6 is 0 Å². The number of unbranched alkanes of at least 4 members (excludes halogenated alkanes) is 4.